The Morgan fingerprint density at radius 3 is 2.85 bits per heavy atom. The lowest BCUT2D eigenvalue weighted by Crippen LogP contribution is -2.17. The summed E-state index contributed by atoms with van der Waals surface area (Å²) in [6.45, 7) is 0.400. The van der Waals surface area contributed by atoms with Gasteiger partial charge in [0, 0.05) is 16.6 Å². The number of nitrogens with zero attached hydrogens (tertiary/aromatic N) is 1. The summed E-state index contributed by atoms with van der Waals surface area (Å²) in [5, 5.41) is 9.70. The minimum absolute atomic E-state index is 0.0397. The van der Waals surface area contributed by atoms with Crippen LogP contribution in [-0.2, 0) is 16.6 Å². The highest BCUT2D eigenvalue weighted by Gasteiger charge is 2.20. The monoisotopic (exact) mass is 378 g/mol. The Morgan fingerprint density at radius 2 is 2.20 bits per heavy atom. The molecule has 9 heteroatoms. The summed E-state index contributed by atoms with van der Waals surface area (Å²) in [5.74, 6) is 0. The topological polar surface area (TPSA) is 86.9 Å². The van der Waals surface area contributed by atoms with Gasteiger partial charge in [0.25, 0.3) is 10.0 Å². The number of aromatic nitrogens is 2. The van der Waals surface area contributed by atoms with E-state index in [0.717, 1.165) is 0 Å². The Balaban J connectivity index is 2.30. The quantitative estimate of drug-likeness (QED) is 0.744. The molecule has 1 aromatic heterocycles. The summed E-state index contributed by atoms with van der Waals surface area (Å²) in [7, 11) is -2.00. The van der Waals surface area contributed by atoms with Crippen LogP contribution >= 0.6 is 27.5 Å². The molecule has 0 amide bonds. The van der Waals surface area contributed by atoms with Crippen molar-refractivity contribution in [1.82, 2.24) is 15.5 Å². The number of hydrogen-bond acceptors (Lipinski definition) is 4. The minimum Gasteiger partial charge on any atom is -0.316 e. The molecule has 0 aliphatic rings. The van der Waals surface area contributed by atoms with Gasteiger partial charge in [0.15, 0.2) is 5.03 Å². The lowest BCUT2D eigenvalue weighted by molar-refractivity contribution is 0.595. The van der Waals surface area contributed by atoms with E-state index in [2.05, 4.69) is 36.2 Å². The van der Waals surface area contributed by atoms with Gasteiger partial charge in [-0.1, -0.05) is 11.6 Å². The van der Waals surface area contributed by atoms with Crippen LogP contribution in [0.5, 0.6) is 0 Å². The zero-order valence-electron chi connectivity index (χ0n) is 10.4. The fourth-order valence-corrected chi connectivity index (χ4v) is 3.29. The molecule has 0 radical (unpaired) electrons. The number of benzene rings is 1. The highest BCUT2D eigenvalue weighted by atomic mass is 79.9. The van der Waals surface area contributed by atoms with Gasteiger partial charge in [-0.05, 0) is 41.2 Å². The van der Waals surface area contributed by atoms with Crippen molar-refractivity contribution in [2.75, 3.05) is 11.8 Å². The maximum Gasteiger partial charge on any atom is 0.279 e. The zero-order chi connectivity index (χ0) is 14.8. The third-order valence-electron chi connectivity index (χ3n) is 2.49. The molecule has 20 heavy (non-hydrogen) atoms. The van der Waals surface area contributed by atoms with E-state index < -0.39 is 10.0 Å². The molecule has 1 aromatic carbocycles. The Morgan fingerprint density at radius 1 is 1.45 bits per heavy atom. The van der Waals surface area contributed by atoms with Crippen LogP contribution in [0.1, 0.15) is 5.56 Å². The van der Waals surface area contributed by atoms with Crippen molar-refractivity contribution in [2.24, 2.45) is 0 Å². The molecule has 0 spiro atoms. The summed E-state index contributed by atoms with van der Waals surface area (Å²) in [5.41, 5.74) is 0.972. The largest absolute Gasteiger partial charge is 0.316 e. The fourth-order valence-electron chi connectivity index (χ4n) is 1.61. The van der Waals surface area contributed by atoms with E-state index in [1.165, 1.54) is 6.20 Å². The molecule has 0 fully saturated rings. The van der Waals surface area contributed by atoms with Gasteiger partial charge in [-0.15, -0.1) is 0 Å². The van der Waals surface area contributed by atoms with Gasteiger partial charge in [0.1, 0.15) is 0 Å². The van der Waals surface area contributed by atoms with Crippen LogP contribution in [0.15, 0.2) is 33.9 Å². The van der Waals surface area contributed by atoms with E-state index in [1.807, 2.05) is 0 Å². The van der Waals surface area contributed by atoms with Crippen LogP contribution in [0.3, 0.4) is 0 Å². The Labute approximate surface area is 130 Å². The first kappa shape index (κ1) is 15.3. The number of H-pyrrole nitrogens is 1. The molecule has 0 unspecified atom stereocenters. The average molecular weight is 380 g/mol. The number of aromatic amines is 1. The maximum atomic E-state index is 12.3. The van der Waals surface area contributed by atoms with Crippen molar-refractivity contribution in [2.45, 2.75) is 11.6 Å². The number of hydrogen-bond donors (Lipinski definition) is 3. The van der Waals surface area contributed by atoms with Gasteiger partial charge in [-0.3, -0.25) is 9.82 Å². The average Bonchev–Trinajstić information content (AvgIpc) is 2.83. The van der Waals surface area contributed by atoms with E-state index in [4.69, 9.17) is 11.6 Å². The molecule has 2 rings (SSSR count). The molecule has 0 aliphatic heterocycles. The molecule has 3 N–H and O–H groups in total. The molecule has 6 nitrogen and oxygen atoms in total. The molecule has 0 saturated heterocycles. The third kappa shape index (κ3) is 3.32. The molecule has 108 valence electrons. The maximum absolute atomic E-state index is 12.3. The van der Waals surface area contributed by atoms with E-state index >= 15 is 0 Å². The summed E-state index contributed by atoms with van der Waals surface area (Å²) in [4.78, 5) is 0. The molecule has 0 saturated carbocycles. The first-order valence-electron chi connectivity index (χ1n) is 5.59. The number of halogens is 2. The number of sulfonamides is 1. The van der Waals surface area contributed by atoms with E-state index in [9.17, 15) is 8.42 Å². The van der Waals surface area contributed by atoms with Crippen LogP contribution in [0, 0.1) is 0 Å². The fraction of sp³-hybridized carbons (Fsp3) is 0.182. The summed E-state index contributed by atoms with van der Waals surface area (Å²) >= 11 is 9.11. The molecule has 0 atom stereocenters. The van der Waals surface area contributed by atoms with E-state index in [0.29, 0.717) is 27.3 Å². The molecular formula is C11H12BrClN4O2S. The summed E-state index contributed by atoms with van der Waals surface area (Å²) < 4.78 is 27.7. The van der Waals surface area contributed by atoms with Gasteiger partial charge in [0.2, 0.25) is 0 Å². The number of rotatable bonds is 5. The standard InChI is InChI=1S/C11H12BrClN4O2S/c1-14-5-7-6-15-16-11(7)20(18,19)17-8-2-3-10(13)9(12)4-8/h2-4,6,14,17H,5H2,1H3,(H,15,16). The van der Waals surface area contributed by atoms with Crippen LogP contribution in [-0.4, -0.2) is 25.7 Å². The second kappa shape index (κ2) is 6.13. The number of nitrogens with one attached hydrogen (secondary N) is 3. The molecule has 0 bridgehead atoms. The van der Waals surface area contributed by atoms with Crippen LogP contribution in [0.2, 0.25) is 5.02 Å². The normalized spacial score (nSPS) is 11.6. The van der Waals surface area contributed by atoms with Crippen molar-refractivity contribution in [3.05, 3.63) is 39.5 Å². The van der Waals surface area contributed by atoms with Crippen molar-refractivity contribution in [3.63, 3.8) is 0 Å². The zero-order valence-corrected chi connectivity index (χ0v) is 13.6. The first-order chi connectivity index (χ1) is 9.44. The van der Waals surface area contributed by atoms with Gasteiger partial charge in [0.05, 0.1) is 16.9 Å². The van der Waals surface area contributed by atoms with Crippen LogP contribution in [0.25, 0.3) is 0 Å². The highest BCUT2D eigenvalue weighted by Crippen LogP contribution is 2.27. The van der Waals surface area contributed by atoms with Crippen LogP contribution in [0.4, 0.5) is 5.69 Å². The van der Waals surface area contributed by atoms with Gasteiger partial charge < -0.3 is 5.32 Å². The second-order valence-corrected chi connectivity index (χ2v) is 6.87. The lowest BCUT2D eigenvalue weighted by Gasteiger charge is -2.09. The minimum atomic E-state index is -3.72. The van der Waals surface area contributed by atoms with Crippen LogP contribution < -0.4 is 10.0 Å². The lowest BCUT2D eigenvalue weighted by atomic mass is 10.3. The molecule has 1 heterocycles. The van der Waals surface area contributed by atoms with Gasteiger partial charge in [-0.25, -0.2) is 0 Å². The van der Waals surface area contributed by atoms with Gasteiger partial charge in [-0.2, -0.15) is 13.5 Å². The second-order valence-electron chi connectivity index (χ2n) is 3.99. The summed E-state index contributed by atoms with van der Waals surface area (Å²) in [6.07, 6.45) is 1.48. The molecule has 2 aromatic rings. The first-order valence-corrected chi connectivity index (χ1v) is 8.24. The predicted molar refractivity (Wildman–Crippen MR) is 81.3 cm³/mol. The van der Waals surface area contributed by atoms with Crippen molar-refractivity contribution in [1.29, 1.82) is 0 Å². The highest BCUT2D eigenvalue weighted by molar-refractivity contribution is 9.10. The number of anilines is 1. The van der Waals surface area contributed by atoms with Gasteiger partial charge >= 0.3 is 0 Å². The predicted octanol–water partition coefficient (Wildman–Crippen LogP) is 2.35. The SMILES string of the molecule is CNCc1cn[nH]c1S(=O)(=O)Nc1ccc(Cl)c(Br)c1. The molecule has 0 aliphatic carbocycles. The Bertz CT molecular complexity index is 717. The smallest absolute Gasteiger partial charge is 0.279 e. The molecular weight excluding hydrogens is 368 g/mol. The van der Waals surface area contributed by atoms with Crippen molar-refractivity contribution < 1.29 is 8.42 Å². The van der Waals surface area contributed by atoms with Crippen molar-refractivity contribution >= 4 is 43.2 Å². The van der Waals surface area contributed by atoms with E-state index in [-0.39, 0.29) is 5.03 Å². The van der Waals surface area contributed by atoms with E-state index in [1.54, 1.807) is 25.2 Å². The Hall–Kier alpha value is -1.09. The third-order valence-corrected chi connectivity index (χ3v) is 5.10. The summed E-state index contributed by atoms with van der Waals surface area (Å²) in [6, 6.07) is 4.78. The van der Waals surface area contributed by atoms with Crippen molar-refractivity contribution in [3.8, 4) is 0 Å². The Kier molecular flexibility index (Phi) is 4.69.